The maximum atomic E-state index is 13.2. The number of rotatable bonds is 3. The van der Waals surface area contributed by atoms with Crippen LogP contribution < -0.4 is 5.32 Å². The number of carbonyl (C=O) groups is 1. The molecule has 1 amide bonds. The van der Waals surface area contributed by atoms with Gasteiger partial charge in [-0.15, -0.1) is 0 Å². The van der Waals surface area contributed by atoms with Crippen LogP contribution in [0.5, 0.6) is 0 Å². The Morgan fingerprint density at radius 3 is 2.45 bits per heavy atom. The van der Waals surface area contributed by atoms with Crippen LogP contribution in [0.3, 0.4) is 0 Å². The Labute approximate surface area is 116 Å². The Balaban J connectivity index is 1.84. The summed E-state index contributed by atoms with van der Waals surface area (Å²) in [4.78, 5) is 12.2. The third-order valence-electron chi connectivity index (χ3n) is 3.46. The minimum atomic E-state index is -0.509. The minimum absolute atomic E-state index is 0.295. The number of nitrogens with one attached hydrogen (secondary N) is 1. The number of halogens is 1. The van der Waals surface area contributed by atoms with Gasteiger partial charge in [-0.2, -0.15) is 0 Å². The molecule has 3 nitrogen and oxygen atoms in total. The van der Waals surface area contributed by atoms with Gasteiger partial charge in [-0.3, -0.25) is 4.79 Å². The van der Waals surface area contributed by atoms with Gasteiger partial charge in [-0.25, -0.2) is 4.39 Å². The van der Waals surface area contributed by atoms with Gasteiger partial charge in [0.05, 0.1) is 13.2 Å². The van der Waals surface area contributed by atoms with E-state index in [1.807, 2.05) is 30.3 Å². The first-order chi connectivity index (χ1) is 9.70. The number of hydrogen-bond donors (Lipinski definition) is 1. The Kier molecular flexibility index (Phi) is 3.24. The molecule has 1 N–H and O–H groups in total. The number of carbonyl (C=O) groups excluding carboxylic acids is 1. The predicted octanol–water partition coefficient (Wildman–Crippen LogP) is 2.48. The molecule has 1 fully saturated rings. The fourth-order valence-electron chi connectivity index (χ4n) is 2.29. The highest BCUT2D eigenvalue weighted by molar-refractivity contribution is 5.94. The molecule has 0 saturated carbocycles. The van der Waals surface area contributed by atoms with Crippen molar-refractivity contribution < 1.29 is 13.9 Å². The fraction of sp³-hybridized carbons (Fsp3) is 0.188. The van der Waals surface area contributed by atoms with Crippen molar-refractivity contribution in [3.63, 3.8) is 0 Å². The first kappa shape index (κ1) is 12.8. The van der Waals surface area contributed by atoms with E-state index >= 15 is 0 Å². The molecule has 0 aromatic heterocycles. The molecular weight excluding hydrogens is 257 g/mol. The van der Waals surface area contributed by atoms with Crippen molar-refractivity contribution in [2.45, 2.75) is 5.54 Å². The van der Waals surface area contributed by atoms with Gasteiger partial charge in [0, 0.05) is 5.56 Å². The van der Waals surface area contributed by atoms with Crippen molar-refractivity contribution in [2.24, 2.45) is 0 Å². The van der Waals surface area contributed by atoms with E-state index in [-0.39, 0.29) is 5.91 Å². The molecule has 0 radical (unpaired) electrons. The second-order valence-corrected chi connectivity index (χ2v) is 4.91. The number of ether oxygens (including phenoxy) is 1. The molecule has 0 spiro atoms. The van der Waals surface area contributed by atoms with Crippen molar-refractivity contribution in [2.75, 3.05) is 13.2 Å². The topological polar surface area (TPSA) is 38.3 Å². The van der Waals surface area contributed by atoms with E-state index in [0.29, 0.717) is 18.8 Å². The number of amides is 1. The van der Waals surface area contributed by atoms with Gasteiger partial charge in [0.25, 0.3) is 5.91 Å². The van der Waals surface area contributed by atoms with Crippen LogP contribution in [0.2, 0.25) is 0 Å². The summed E-state index contributed by atoms with van der Waals surface area (Å²) in [5.41, 5.74) is 0.799. The van der Waals surface area contributed by atoms with E-state index in [4.69, 9.17) is 4.74 Å². The summed E-state index contributed by atoms with van der Waals surface area (Å²) in [6.07, 6.45) is 0. The van der Waals surface area contributed by atoms with E-state index in [0.717, 1.165) is 5.56 Å². The molecule has 20 heavy (non-hydrogen) atoms. The molecule has 0 atom stereocenters. The molecule has 1 saturated heterocycles. The Bertz CT molecular complexity index is 623. The number of hydrogen-bond acceptors (Lipinski definition) is 2. The van der Waals surface area contributed by atoms with Gasteiger partial charge < -0.3 is 10.1 Å². The van der Waals surface area contributed by atoms with Crippen LogP contribution in [0.25, 0.3) is 0 Å². The Morgan fingerprint density at radius 2 is 1.85 bits per heavy atom. The SMILES string of the molecule is O=C(NC1(c2ccccc2)COC1)c1cccc(F)c1. The maximum Gasteiger partial charge on any atom is 0.252 e. The van der Waals surface area contributed by atoms with Crippen LogP contribution in [0.1, 0.15) is 15.9 Å². The van der Waals surface area contributed by atoms with Crippen LogP contribution >= 0.6 is 0 Å². The van der Waals surface area contributed by atoms with E-state index in [1.165, 1.54) is 18.2 Å². The summed E-state index contributed by atoms with van der Waals surface area (Å²) in [7, 11) is 0. The van der Waals surface area contributed by atoms with Gasteiger partial charge in [-0.1, -0.05) is 36.4 Å². The van der Waals surface area contributed by atoms with Crippen molar-refractivity contribution in [1.82, 2.24) is 5.32 Å². The summed E-state index contributed by atoms with van der Waals surface area (Å²) in [5.74, 6) is -0.715. The molecule has 1 aliphatic rings. The Hall–Kier alpha value is -2.20. The average molecular weight is 271 g/mol. The average Bonchev–Trinajstić information content (AvgIpc) is 2.43. The lowest BCUT2D eigenvalue weighted by Gasteiger charge is -2.42. The zero-order chi connectivity index (χ0) is 14.0. The van der Waals surface area contributed by atoms with Gasteiger partial charge in [0.1, 0.15) is 11.4 Å². The summed E-state index contributed by atoms with van der Waals surface area (Å²) in [6, 6.07) is 15.3. The van der Waals surface area contributed by atoms with Crippen LogP contribution in [0.15, 0.2) is 54.6 Å². The zero-order valence-corrected chi connectivity index (χ0v) is 10.8. The highest BCUT2D eigenvalue weighted by atomic mass is 19.1. The molecule has 102 valence electrons. The third-order valence-corrected chi connectivity index (χ3v) is 3.46. The summed E-state index contributed by atoms with van der Waals surface area (Å²) in [5, 5.41) is 2.96. The molecule has 2 aromatic rings. The zero-order valence-electron chi connectivity index (χ0n) is 10.8. The molecule has 4 heteroatoms. The molecule has 0 aliphatic carbocycles. The molecule has 0 unspecified atom stereocenters. The lowest BCUT2D eigenvalue weighted by atomic mass is 9.87. The van der Waals surface area contributed by atoms with Gasteiger partial charge >= 0.3 is 0 Å². The highest BCUT2D eigenvalue weighted by Gasteiger charge is 2.41. The summed E-state index contributed by atoms with van der Waals surface area (Å²) in [6.45, 7) is 0.857. The van der Waals surface area contributed by atoms with Gasteiger partial charge in [-0.05, 0) is 23.8 Å². The standard InChI is InChI=1S/C16H14FNO2/c17-14-8-4-5-12(9-14)15(19)18-16(10-20-11-16)13-6-2-1-3-7-13/h1-9H,10-11H2,(H,18,19). The third kappa shape index (κ3) is 2.30. The molecular formula is C16H14FNO2. The fourth-order valence-corrected chi connectivity index (χ4v) is 2.29. The first-order valence-electron chi connectivity index (χ1n) is 6.41. The van der Waals surface area contributed by atoms with E-state index < -0.39 is 11.4 Å². The van der Waals surface area contributed by atoms with E-state index in [1.54, 1.807) is 6.07 Å². The van der Waals surface area contributed by atoms with Crippen LogP contribution in [0, 0.1) is 5.82 Å². The smallest absolute Gasteiger partial charge is 0.252 e. The molecule has 1 aliphatic heterocycles. The normalized spacial score (nSPS) is 16.2. The van der Waals surface area contributed by atoms with Crippen molar-refractivity contribution in [3.05, 3.63) is 71.5 Å². The second-order valence-electron chi connectivity index (χ2n) is 4.91. The largest absolute Gasteiger partial charge is 0.376 e. The summed E-state index contributed by atoms with van der Waals surface area (Å²) < 4.78 is 18.4. The first-order valence-corrected chi connectivity index (χ1v) is 6.41. The monoisotopic (exact) mass is 271 g/mol. The quantitative estimate of drug-likeness (QED) is 0.931. The van der Waals surface area contributed by atoms with Crippen molar-refractivity contribution >= 4 is 5.91 Å². The van der Waals surface area contributed by atoms with Crippen LogP contribution in [-0.4, -0.2) is 19.1 Å². The predicted molar refractivity (Wildman–Crippen MR) is 72.8 cm³/mol. The second kappa shape index (κ2) is 5.06. The summed E-state index contributed by atoms with van der Waals surface area (Å²) >= 11 is 0. The van der Waals surface area contributed by atoms with E-state index in [2.05, 4.69) is 5.32 Å². The van der Waals surface area contributed by atoms with Crippen molar-refractivity contribution in [3.8, 4) is 0 Å². The lowest BCUT2D eigenvalue weighted by molar-refractivity contribution is -0.0733. The van der Waals surface area contributed by atoms with Crippen LogP contribution in [-0.2, 0) is 10.3 Å². The lowest BCUT2D eigenvalue weighted by Crippen LogP contribution is -2.59. The maximum absolute atomic E-state index is 13.2. The Morgan fingerprint density at radius 1 is 1.10 bits per heavy atom. The highest BCUT2D eigenvalue weighted by Crippen LogP contribution is 2.29. The minimum Gasteiger partial charge on any atom is -0.376 e. The van der Waals surface area contributed by atoms with Crippen molar-refractivity contribution in [1.29, 1.82) is 0 Å². The number of benzene rings is 2. The van der Waals surface area contributed by atoms with Gasteiger partial charge in [0.15, 0.2) is 0 Å². The van der Waals surface area contributed by atoms with Crippen LogP contribution in [0.4, 0.5) is 4.39 Å². The molecule has 3 rings (SSSR count). The van der Waals surface area contributed by atoms with Gasteiger partial charge in [0.2, 0.25) is 0 Å². The molecule has 0 bridgehead atoms. The molecule has 2 aromatic carbocycles. The molecule has 1 heterocycles. The van der Waals surface area contributed by atoms with E-state index in [9.17, 15) is 9.18 Å².